The summed E-state index contributed by atoms with van der Waals surface area (Å²) in [5.74, 6) is 0.320. The normalized spacial score (nSPS) is 10.5. The van der Waals surface area contributed by atoms with Crippen molar-refractivity contribution < 1.29 is 9.66 Å². The van der Waals surface area contributed by atoms with E-state index in [0.29, 0.717) is 5.75 Å². The topological polar surface area (TPSA) is 64.4 Å². The second-order valence-electron chi connectivity index (χ2n) is 4.74. The number of benzene rings is 1. The lowest BCUT2D eigenvalue weighted by Crippen LogP contribution is -2.08. The zero-order valence-electron chi connectivity index (χ0n) is 11.8. The molecule has 1 aromatic rings. The largest absolute Gasteiger partial charge is 0.484 e. The Labute approximate surface area is 114 Å². The first-order valence-corrected chi connectivity index (χ1v) is 6.73. The Kier molecular flexibility index (Phi) is 6.12. The van der Waals surface area contributed by atoms with Crippen molar-refractivity contribution >= 4 is 11.4 Å². The van der Waals surface area contributed by atoms with Crippen molar-refractivity contribution in [3.8, 4) is 5.75 Å². The number of nitrogens with zero attached hydrogens (tertiary/aromatic N) is 1. The molecule has 0 saturated carbocycles. The minimum atomic E-state index is -0.418. The highest BCUT2D eigenvalue weighted by Gasteiger charge is 2.16. The third-order valence-electron chi connectivity index (χ3n) is 2.63. The van der Waals surface area contributed by atoms with Gasteiger partial charge in [-0.1, -0.05) is 19.8 Å². The molecule has 0 spiro atoms. The molecule has 0 aromatic heterocycles. The average Bonchev–Trinajstić information content (AvgIpc) is 2.34. The van der Waals surface area contributed by atoms with Crippen LogP contribution >= 0.6 is 0 Å². The number of nitro benzene ring substituents is 1. The number of ether oxygens (including phenoxy) is 1. The number of nitro groups is 1. The molecule has 0 unspecified atom stereocenters. The molecule has 106 valence electrons. The van der Waals surface area contributed by atoms with Gasteiger partial charge < -0.3 is 10.1 Å². The Bertz CT molecular complexity index is 419. The van der Waals surface area contributed by atoms with Crippen molar-refractivity contribution in [1.82, 2.24) is 0 Å². The summed E-state index contributed by atoms with van der Waals surface area (Å²) in [5.41, 5.74) is 0.866. The SMILES string of the molecule is CCCCCNc1ccc([N+](=O)[O-])c(OC(C)C)c1. The number of hydrogen-bond donors (Lipinski definition) is 1. The Balaban J connectivity index is 2.76. The molecule has 5 nitrogen and oxygen atoms in total. The van der Waals surface area contributed by atoms with E-state index >= 15 is 0 Å². The maximum atomic E-state index is 10.9. The molecule has 0 saturated heterocycles. The van der Waals surface area contributed by atoms with Gasteiger partial charge in [-0.3, -0.25) is 10.1 Å². The molecular formula is C14H22N2O3. The van der Waals surface area contributed by atoms with Gasteiger partial charge in [-0.25, -0.2) is 0 Å². The molecule has 0 atom stereocenters. The maximum absolute atomic E-state index is 10.9. The van der Waals surface area contributed by atoms with Gasteiger partial charge in [0.2, 0.25) is 0 Å². The van der Waals surface area contributed by atoms with Gasteiger partial charge in [0.15, 0.2) is 5.75 Å². The monoisotopic (exact) mass is 266 g/mol. The summed E-state index contributed by atoms with van der Waals surface area (Å²) >= 11 is 0. The van der Waals surface area contributed by atoms with Gasteiger partial charge in [0.05, 0.1) is 11.0 Å². The van der Waals surface area contributed by atoms with Crippen molar-refractivity contribution in [2.75, 3.05) is 11.9 Å². The van der Waals surface area contributed by atoms with Crippen molar-refractivity contribution in [2.24, 2.45) is 0 Å². The molecule has 19 heavy (non-hydrogen) atoms. The molecular weight excluding hydrogens is 244 g/mol. The number of unbranched alkanes of at least 4 members (excludes halogenated alkanes) is 2. The molecule has 0 radical (unpaired) electrons. The molecule has 5 heteroatoms. The fourth-order valence-corrected chi connectivity index (χ4v) is 1.73. The molecule has 1 N–H and O–H groups in total. The molecule has 0 amide bonds. The van der Waals surface area contributed by atoms with Crippen LogP contribution in [0.15, 0.2) is 18.2 Å². The van der Waals surface area contributed by atoms with Gasteiger partial charge >= 0.3 is 5.69 Å². The fourth-order valence-electron chi connectivity index (χ4n) is 1.73. The van der Waals surface area contributed by atoms with E-state index in [2.05, 4.69) is 12.2 Å². The predicted molar refractivity (Wildman–Crippen MR) is 76.9 cm³/mol. The van der Waals surface area contributed by atoms with E-state index in [1.54, 1.807) is 12.1 Å². The van der Waals surface area contributed by atoms with E-state index in [4.69, 9.17) is 4.74 Å². The molecule has 0 aliphatic heterocycles. The molecule has 0 aliphatic carbocycles. The van der Waals surface area contributed by atoms with Crippen LogP contribution in [0.4, 0.5) is 11.4 Å². The van der Waals surface area contributed by atoms with Crippen LogP contribution in [0.25, 0.3) is 0 Å². The molecule has 1 rings (SSSR count). The number of hydrogen-bond acceptors (Lipinski definition) is 4. The van der Waals surface area contributed by atoms with Gasteiger partial charge in [-0.05, 0) is 26.3 Å². The van der Waals surface area contributed by atoms with E-state index in [1.807, 2.05) is 13.8 Å². The third-order valence-corrected chi connectivity index (χ3v) is 2.63. The molecule has 0 bridgehead atoms. The summed E-state index contributed by atoms with van der Waals surface area (Å²) < 4.78 is 5.49. The van der Waals surface area contributed by atoms with E-state index in [-0.39, 0.29) is 11.8 Å². The highest BCUT2D eigenvalue weighted by molar-refractivity contribution is 5.58. The zero-order valence-corrected chi connectivity index (χ0v) is 11.8. The van der Waals surface area contributed by atoms with Gasteiger partial charge in [0, 0.05) is 24.4 Å². The Morgan fingerprint density at radius 2 is 2.11 bits per heavy atom. The molecule has 0 fully saturated rings. The minimum absolute atomic E-state index is 0.00723. The maximum Gasteiger partial charge on any atom is 0.311 e. The van der Waals surface area contributed by atoms with Crippen LogP contribution in [0.5, 0.6) is 5.75 Å². The van der Waals surface area contributed by atoms with Crippen LogP contribution in [-0.2, 0) is 0 Å². The first-order valence-electron chi connectivity index (χ1n) is 6.73. The summed E-state index contributed by atoms with van der Waals surface area (Å²) in [6, 6.07) is 4.90. The third kappa shape index (κ3) is 5.16. The van der Waals surface area contributed by atoms with Crippen LogP contribution in [-0.4, -0.2) is 17.6 Å². The fraction of sp³-hybridized carbons (Fsp3) is 0.571. The van der Waals surface area contributed by atoms with Crippen molar-refractivity contribution in [3.05, 3.63) is 28.3 Å². The summed E-state index contributed by atoms with van der Waals surface area (Å²) in [5, 5.41) is 14.2. The van der Waals surface area contributed by atoms with E-state index < -0.39 is 4.92 Å². The Morgan fingerprint density at radius 3 is 2.68 bits per heavy atom. The summed E-state index contributed by atoms with van der Waals surface area (Å²) in [4.78, 5) is 10.5. The van der Waals surface area contributed by atoms with E-state index in [0.717, 1.165) is 18.7 Å². The summed E-state index contributed by atoms with van der Waals surface area (Å²) in [6.07, 6.45) is 3.35. The quantitative estimate of drug-likeness (QED) is 0.439. The number of anilines is 1. The molecule has 0 aliphatic rings. The van der Waals surface area contributed by atoms with Crippen LogP contribution in [0.2, 0.25) is 0 Å². The number of rotatable bonds is 8. The highest BCUT2D eigenvalue weighted by atomic mass is 16.6. The lowest BCUT2D eigenvalue weighted by atomic mass is 10.2. The smallest absolute Gasteiger partial charge is 0.311 e. The molecule has 1 aromatic carbocycles. The predicted octanol–water partition coefficient (Wildman–Crippen LogP) is 3.98. The van der Waals surface area contributed by atoms with Gasteiger partial charge in [-0.2, -0.15) is 0 Å². The lowest BCUT2D eigenvalue weighted by Gasteiger charge is -2.12. The average molecular weight is 266 g/mol. The second kappa shape index (κ2) is 7.61. The van der Waals surface area contributed by atoms with Gasteiger partial charge in [0.1, 0.15) is 0 Å². The van der Waals surface area contributed by atoms with E-state index in [9.17, 15) is 10.1 Å². The first-order chi connectivity index (χ1) is 9.04. The van der Waals surface area contributed by atoms with Crippen LogP contribution in [0.3, 0.4) is 0 Å². The Morgan fingerprint density at radius 1 is 1.37 bits per heavy atom. The summed E-state index contributed by atoms with van der Waals surface area (Å²) in [6.45, 7) is 6.73. The van der Waals surface area contributed by atoms with Crippen LogP contribution in [0, 0.1) is 10.1 Å². The van der Waals surface area contributed by atoms with Crippen molar-refractivity contribution in [3.63, 3.8) is 0 Å². The Hall–Kier alpha value is -1.78. The first kappa shape index (κ1) is 15.3. The lowest BCUT2D eigenvalue weighted by molar-refractivity contribution is -0.386. The van der Waals surface area contributed by atoms with E-state index in [1.165, 1.54) is 18.9 Å². The van der Waals surface area contributed by atoms with Crippen LogP contribution < -0.4 is 10.1 Å². The summed E-state index contributed by atoms with van der Waals surface area (Å²) in [7, 11) is 0. The van der Waals surface area contributed by atoms with Gasteiger partial charge in [-0.15, -0.1) is 0 Å². The second-order valence-corrected chi connectivity index (χ2v) is 4.74. The highest BCUT2D eigenvalue weighted by Crippen LogP contribution is 2.30. The minimum Gasteiger partial charge on any atom is -0.484 e. The van der Waals surface area contributed by atoms with Crippen molar-refractivity contribution in [1.29, 1.82) is 0 Å². The standard InChI is InChI=1S/C14H22N2O3/c1-4-5-6-9-15-12-7-8-13(16(17)18)14(10-12)19-11(2)3/h7-8,10-11,15H,4-6,9H2,1-3H3. The molecule has 0 heterocycles. The number of nitrogens with one attached hydrogen (secondary N) is 1. The van der Waals surface area contributed by atoms with Gasteiger partial charge in [0.25, 0.3) is 0 Å². The van der Waals surface area contributed by atoms with Crippen molar-refractivity contribution in [2.45, 2.75) is 46.1 Å². The van der Waals surface area contributed by atoms with Crippen LogP contribution in [0.1, 0.15) is 40.0 Å². The zero-order chi connectivity index (χ0) is 14.3.